The highest BCUT2D eigenvalue weighted by Crippen LogP contribution is 2.14. The van der Waals surface area contributed by atoms with Crippen LogP contribution in [0.25, 0.3) is 0 Å². The van der Waals surface area contributed by atoms with Crippen molar-refractivity contribution in [3.63, 3.8) is 0 Å². The zero-order chi connectivity index (χ0) is 12.7. The second-order valence-corrected chi connectivity index (χ2v) is 6.32. The minimum atomic E-state index is -3.07. The summed E-state index contributed by atoms with van der Waals surface area (Å²) in [6, 6.07) is 7.23. The van der Waals surface area contributed by atoms with Gasteiger partial charge in [0, 0.05) is 0 Å². The van der Waals surface area contributed by atoms with Crippen molar-refractivity contribution in [1.82, 2.24) is 0 Å². The van der Waals surface area contributed by atoms with E-state index < -0.39 is 9.84 Å². The van der Waals surface area contributed by atoms with Crippen molar-refractivity contribution in [2.45, 2.75) is 37.5 Å². The molecule has 0 unspecified atom stereocenters. The Bertz CT molecular complexity index is 423. The van der Waals surface area contributed by atoms with Gasteiger partial charge in [-0.05, 0) is 49.9 Å². The van der Waals surface area contributed by atoms with E-state index in [1.807, 2.05) is 19.1 Å². The van der Waals surface area contributed by atoms with Crippen molar-refractivity contribution >= 4 is 9.84 Å². The number of benzene rings is 1. The number of aryl methyl sites for hydroxylation is 1. The highest BCUT2D eigenvalue weighted by atomic mass is 32.2. The van der Waals surface area contributed by atoms with Gasteiger partial charge in [-0.25, -0.2) is 8.42 Å². The van der Waals surface area contributed by atoms with Crippen molar-refractivity contribution in [1.29, 1.82) is 0 Å². The second kappa shape index (κ2) is 6.77. The van der Waals surface area contributed by atoms with Crippen LogP contribution in [0.15, 0.2) is 29.2 Å². The Morgan fingerprint density at radius 3 is 2.29 bits per heavy atom. The van der Waals surface area contributed by atoms with Gasteiger partial charge >= 0.3 is 0 Å². The summed E-state index contributed by atoms with van der Waals surface area (Å²) in [4.78, 5) is 0.432. The molecule has 0 saturated heterocycles. The van der Waals surface area contributed by atoms with Crippen LogP contribution >= 0.6 is 0 Å². The normalized spacial score (nSPS) is 11.6. The van der Waals surface area contributed by atoms with Crippen LogP contribution < -0.4 is 5.73 Å². The average molecular weight is 255 g/mol. The fraction of sp³-hybridized carbons (Fsp3) is 0.538. The van der Waals surface area contributed by atoms with Crippen LogP contribution in [0.3, 0.4) is 0 Å². The van der Waals surface area contributed by atoms with Crippen molar-refractivity contribution in [3.05, 3.63) is 29.8 Å². The largest absolute Gasteiger partial charge is 0.330 e. The molecule has 1 aromatic rings. The second-order valence-electron chi connectivity index (χ2n) is 4.21. The molecule has 1 aromatic carbocycles. The Morgan fingerprint density at radius 1 is 1.12 bits per heavy atom. The summed E-state index contributed by atoms with van der Waals surface area (Å²) >= 11 is 0. The molecule has 17 heavy (non-hydrogen) atoms. The molecule has 0 amide bonds. The monoisotopic (exact) mass is 255 g/mol. The van der Waals surface area contributed by atoms with E-state index in [9.17, 15) is 8.42 Å². The molecule has 3 nitrogen and oxygen atoms in total. The predicted octanol–water partition coefficient (Wildman–Crippen LogP) is 2.15. The molecule has 0 atom stereocenters. The van der Waals surface area contributed by atoms with Crippen LogP contribution in [-0.2, 0) is 16.3 Å². The van der Waals surface area contributed by atoms with Crippen LogP contribution in [0.4, 0.5) is 0 Å². The molecule has 4 heteroatoms. The summed E-state index contributed by atoms with van der Waals surface area (Å²) in [7, 11) is -3.07. The summed E-state index contributed by atoms with van der Waals surface area (Å²) in [5.74, 6) is 0.222. The molecule has 0 aliphatic rings. The molecule has 0 bridgehead atoms. The van der Waals surface area contributed by atoms with Gasteiger partial charge in [0.2, 0.25) is 0 Å². The predicted molar refractivity (Wildman–Crippen MR) is 70.8 cm³/mol. The molecule has 96 valence electrons. The first-order valence-corrected chi connectivity index (χ1v) is 7.77. The lowest BCUT2D eigenvalue weighted by Crippen LogP contribution is -2.05. The zero-order valence-corrected chi connectivity index (χ0v) is 11.2. The lowest BCUT2D eigenvalue weighted by atomic mass is 10.1. The van der Waals surface area contributed by atoms with Crippen molar-refractivity contribution < 1.29 is 8.42 Å². The first-order chi connectivity index (χ1) is 8.10. The maximum absolute atomic E-state index is 11.8. The van der Waals surface area contributed by atoms with Gasteiger partial charge in [-0.3, -0.25) is 0 Å². The summed E-state index contributed by atoms with van der Waals surface area (Å²) < 4.78 is 23.6. The van der Waals surface area contributed by atoms with Crippen LogP contribution in [0.1, 0.15) is 31.7 Å². The van der Waals surface area contributed by atoms with Gasteiger partial charge in [0.05, 0.1) is 10.6 Å². The molecule has 0 fully saturated rings. The summed E-state index contributed by atoms with van der Waals surface area (Å²) in [5.41, 5.74) is 6.60. The van der Waals surface area contributed by atoms with E-state index in [4.69, 9.17) is 5.73 Å². The fourth-order valence-electron chi connectivity index (χ4n) is 1.72. The Morgan fingerprint density at radius 2 is 1.76 bits per heavy atom. The van der Waals surface area contributed by atoms with Gasteiger partial charge < -0.3 is 5.73 Å². The highest BCUT2D eigenvalue weighted by Gasteiger charge is 2.12. The SMILES string of the molecule is CCCS(=O)(=O)c1ccc(CCCCN)cc1. The quantitative estimate of drug-likeness (QED) is 0.759. The zero-order valence-electron chi connectivity index (χ0n) is 10.4. The van der Waals surface area contributed by atoms with Crippen LogP contribution in [-0.4, -0.2) is 20.7 Å². The van der Waals surface area contributed by atoms with E-state index in [1.165, 1.54) is 5.56 Å². The molecule has 0 spiro atoms. The lowest BCUT2D eigenvalue weighted by molar-refractivity contribution is 0.594. The maximum Gasteiger partial charge on any atom is 0.178 e. The molecule has 0 heterocycles. The number of nitrogens with two attached hydrogens (primary N) is 1. The van der Waals surface area contributed by atoms with E-state index in [-0.39, 0.29) is 5.75 Å². The van der Waals surface area contributed by atoms with E-state index >= 15 is 0 Å². The molecule has 0 saturated carbocycles. The van der Waals surface area contributed by atoms with Gasteiger partial charge in [0.25, 0.3) is 0 Å². The van der Waals surface area contributed by atoms with Gasteiger partial charge in [-0.2, -0.15) is 0 Å². The lowest BCUT2D eigenvalue weighted by Gasteiger charge is -2.05. The van der Waals surface area contributed by atoms with Gasteiger partial charge in [0.15, 0.2) is 9.84 Å². The van der Waals surface area contributed by atoms with Crippen molar-refractivity contribution in [3.8, 4) is 0 Å². The van der Waals surface area contributed by atoms with E-state index in [0.29, 0.717) is 17.9 Å². The number of hydrogen-bond acceptors (Lipinski definition) is 3. The number of unbranched alkanes of at least 4 members (excludes halogenated alkanes) is 1. The third-order valence-corrected chi connectivity index (χ3v) is 4.61. The van der Waals surface area contributed by atoms with Crippen LogP contribution in [0, 0.1) is 0 Å². The standard InChI is InChI=1S/C13H21NO2S/c1-2-11-17(15,16)13-8-6-12(7-9-13)5-3-4-10-14/h6-9H,2-5,10-11,14H2,1H3. The summed E-state index contributed by atoms with van der Waals surface area (Å²) in [6.07, 6.45) is 3.68. The maximum atomic E-state index is 11.8. The fourth-order valence-corrected chi connectivity index (χ4v) is 3.05. The molecular weight excluding hydrogens is 234 g/mol. The Labute approximate surface area is 104 Å². The first kappa shape index (κ1) is 14.2. The Hall–Kier alpha value is -0.870. The molecule has 0 aromatic heterocycles. The first-order valence-electron chi connectivity index (χ1n) is 6.12. The average Bonchev–Trinajstić information content (AvgIpc) is 2.30. The number of rotatable bonds is 7. The van der Waals surface area contributed by atoms with E-state index in [2.05, 4.69) is 0 Å². The molecule has 2 N–H and O–H groups in total. The minimum absolute atomic E-state index is 0.222. The minimum Gasteiger partial charge on any atom is -0.330 e. The smallest absolute Gasteiger partial charge is 0.178 e. The molecule has 0 aliphatic carbocycles. The third-order valence-electron chi connectivity index (χ3n) is 2.67. The van der Waals surface area contributed by atoms with Gasteiger partial charge in [0.1, 0.15) is 0 Å². The van der Waals surface area contributed by atoms with E-state index in [1.54, 1.807) is 12.1 Å². The topological polar surface area (TPSA) is 60.2 Å². The highest BCUT2D eigenvalue weighted by molar-refractivity contribution is 7.91. The molecule has 0 radical (unpaired) electrons. The van der Waals surface area contributed by atoms with Crippen molar-refractivity contribution in [2.24, 2.45) is 5.73 Å². The Kier molecular flexibility index (Phi) is 5.65. The summed E-state index contributed by atoms with van der Waals surface area (Å²) in [6.45, 7) is 2.59. The Balaban J connectivity index is 2.68. The molecule has 0 aliphatic heterocycles. The van der Waals surface area contributed by atoms with Gasteiger partial charge in [-0.1, -0.05) is 19.1 Å². The number of sulfone groups is 1. The molecule has 1 rings (SSSR count). The van der Waals surface area contributed by atoms with Crippen molar-refractivity contribution in [2.75, 3.05) is 12.3 Å². The summed E-state index contributed by atoms with van der Waals surface area (Å²) in [5, 5.41) is 0. The molecular formula is C13H21NO2S. The number of hydrogen-bond donors (Lipinski definition) is 1. The van der Waals surface area contributed by atoms with Gasteiger partial charge in [-0.15, -0.1) is 0 Å². The van der Waals surface area contributed by atoms with Crippen LogP contribution in [0.2, 0.25) is 0 Å². The van der Waals surface area contributed by atoms with Crippen LogP contribution in [0.5, 0.6) is 0 Å². The third kappa shape index (κ3) is 4.48. The van der Waals surface area contributed by atoms with E-state index in [0.717, 1.165) is 19.3 Å².